The van der Waals surface area contributed by atoms with Gasteiger partial charge in [-0.2, -0.15) is 5.26 Å². The number of hydrogen-bond acceptors (Lipinski definition) is 3. The zero-order valence-electron chi connectivity index (χ0n) is 14.8. The smallest absolute Gasteiger partial charge is 0.410 e. The molecular formula is C22H22N2O2. The number of hydrogen-bond donors (Lipinski definition) is 0. The lowest BCUT2D eigenvalue weighted by Crippen LogP contribution is -2.36. The Morgan fingerprint density at radius 3 is 2.54 bits per heavy atom. The molecule has 0 aromatic heterocycles. The average molecular weight is 346 g/mol. The molecule has 0 unspecified atom stereocenters. The molecule has 1 heterocycles. The number of benzene rings is 2. The number of nitrogens with zero attached hydrogens (tertiary/aromatic N) is 2. The number of carbonyl (C=O) groups is 1. The fraction of sp³-hybridized carbons (Fsp3) is 0.364. The Balaban J connectivity index is 1.46. The quantitative estimate of drug-likeness (QED) is 0.796. The summed E-state index contributed by atoms with van der Waals surface area (Å²) in [6.45, 7) is 1.29. The van der Waals surface area contributed by atoms with Gasteiger partial charge in [0.25, 0.3) is 0 Å². The zero-order chi connectivity index (χ0) is 18.0. The molecule has 26 heavy (non-hydrogen) atoms. The van der Waals surface area contributed by atoms with Crippen LogP contribution >= 0.6 is 0 Å². The second-order valence-corrected chi connectivity index (χ2v) is 7.36. The van der Waals surface area contributed by atoms with Gasteiger partial charge in [0.05, 0.1) is 18.2 Å². The van der Waals surface area contributed by atoms with Gasteiger partial charge in [0.15, 0.2) is 0 Å². The highest BCUT2D eigenvalue weighted by molar-refractivity contribution is 5.71. The molecule has 2 aliphatic rings. The maximum absolute atomic E-state index is 12.3. The largest absolute Gasteiger partial charge is 0.441 e. The third-order valence-corrected chi connectivity index (χ3v) is 5.46. The van der Waals surface area contributed by atoms with Gasteiger partial charge in [0.1, 0.15) is 5.60 Å². The van der Waals surface area contributed by atoms with Crippen molar-refractivity contribution in [1.82, 2.24) is 4.90 Å². The van der Waals surface area contributed by atoms with E-state index in [0.29, 0.717) is 18.7 Å². The third kappa shape index (κ3) is 3.30. The minimum absolute atomic E-state index is 0.183. The second kappa shape index (κ2) is 6.84. The predicted molar refractivity (Wildman–Crippen MR) is 99.3 cm³/mol. The fourth-order valence-corrected chi connectivity index (χ4v) is 4.06. The average Bonchev–Trinajstić information content (AvgIpc) is 2.97. The summed E-state index contributed by atoms with van der Waals surface area (Å²) in [7, 11) is 0. The van der Waals surface area contributed by atoms with Crippen LogP contribution < -0.4 is 0 Å². The van der Waals surface area contributed by atoms with Crippen molar-refractivity contribution in [3.8, 4) is 17.2 Å². The van der Waals surface area contributed by atoms with Crippen molar-refractivity contribution >= 4 is 6.09 Å². The van der Waals surface area contributed by atoms with E-state index in [-0.39, 0.29) is 11.7 Å². The van der Waals surface area contributed by atoms with Gasteiger partial charge in [-0.1, -0.05) is 42.8 Å². The van der Waals surface area contributed by atoms with Crippen LogP contribution in [0.15, 0.2) is 48.5 Å². The molecule has 1 saturated heterocycles. The first-order chi connectivity index (χ1) is 12.7. The summed E-state index contributed by atoms with van der Waals surface area (Å²) >= 11 is 0. The molecule has 4 heteroatoms. The van der Waals surface area contributed by atoms with Crippen molar-refractivity contribution in [2.45, 2.75) is 44.2 Å². The van der Waals surface area contributed by atoms with Gasteiger partial charge in [-0.25, -0.2) is 4.79 Å². The van der Waals surface area contributed by atoms with Gasteiger partial charge in [0.2, 0.25) is 0 Å². The third-order valence-electron chi connectivity index (χ3n) is 5.46. The van der Waals surface area contributed by atoms with Crippen LogP contribution in [0.5, 0.6) is 0 Å². The minimum atomic E-state index is -0.243. The lowest BCUT2D eigenvalue weighted by Gasteiger charge is -2.30. The minimum Gasteiger partial charge on any atom is -0.441 e. The second-order valence-electron chi connectivity index (χ2n) is 7.36. The zero-order valence-corrected chi connectivity index (χ0v) is 14.8. The normalized spacial score (nSPS) is 18.6. The summed E-state index contributed by atoms with van der Waals surface area (Å²) in [5.41, 5.74) is 3.60. The summed E-state index contributed by atoms with van der Waals surface area (Å²) < 4.78 is 5.75. The van der Waals surface area contributed by atoms with Gasteiger partial charge in [-0.05, 0) is 54.5 Å². The molecule has 1 amide bonds. The number of carbonyl (C=O) groups excluding carboxylic acids is 1. The summed E-state index contributed by atoms with van der Waals surface area (Å²) in [6, 6.07) is 17.9. The Kier molecular flexibility index (Phi) is 4.38. The maximum atomic E-state index is 12.3. The van der Waals surface area contributed by atoms with Gasteiger partial charge in [-0.15, -0.1) is 0 Å². The SMILES string of the molecule is N#Cc1cccc(-c2ccc(CN3CC4(CCCCC4)OC3=O)cc2)c1. The van der Waals surface area contributed by atoms with Crippen molar-refractivity contribution in [3.63, 3.8) is 0 Å². The number of ether oxygens (including phenoxy) is 1. The first-order valence-electron chi connectivity index (χ1n) is 9.25. The van der Waals surface area contributed by atoms with Gasteiger partial charge in [0, 0.05) is 6.54 Å². The van der Waals surface area contributed by atoms with E-state index < -0.39 is 0 Å². The van der Waals surface area contributed by atoms with E-state index in [9.17, 15) is 4.79 Å². The van der Waals surface area contributed by atoms with E-state index in [4.69, 9.17) is 10.00 Å². The van der Waals surface area contributed by atoms with Crippen LogP contribution in [0.4, 0.5) is 4.79 Å². The highest BCUT2D eigenvalue weighted by atomic mass is 16.6. The van der Waals surface area contributed by atoms with Crippen molar-refractivity contribution < 1.29 is 9.53 Å². The van der Waals surface area contributed by atoms with E-state index in [1.165, 1.54) is 6.42 Å². The number of amides is 1. The fourth-order valence-electron chi connectivity index (χ4n) is 4.06. The van der Waals surface area contributed by atoms with E-state index in [0.717, 1.165) is 42.4 Å². The number of rotatable bonds is 3. The lowest BCUT2D eigenvalue weighted by molar-refractivity contribution is 0.0260. The number of nitriles is 1. The molecule has 1 spiro atoms. The molecule has 2 aromatic rings. The van der Waals surface area contributed by atoms with Crippen LogP contribution in [0.25, 0.3) is 11.1 Å². The van der Waals surface area contributed by atoms with E-state index in [1.54, 1.807) is 6.07 Å². The predicted octanol–water partition coefficient (Wildman–Crippen LogP) is 4.88. The Morgan fingerprint density at radius 1 is 1.04 bits per heavy atom. The van der Waals surface area contributed by atoms with E-state index in [1.807, 2.05) is 47.4 Å². The van der Waals surface area contributed by atoms with Crippen LogP contribution in [0.3, 0.4) is 0 Å². The maximum Gasteiger partial charge on any atom is 0.410 e. The van der Waals surface area contributed by atoms with Gasteiger partial charge in [-0.3, -0.25) is 4.90 Å². The molecule has 1 saturated carbocycles. The standard InChI is InChI=1S/C22H22N2O2/c23-14-18-5-4-6-20(13-18)19-9-7-17(8-10-19)15-24-16-22(26-21(24)25)11-2-1-3-12-22/h4-10,13H,1-3,11-12,15-16H2. The molecule has 132 valence electrons. The first-order valence-corrected chi connectivity index (χ1v) is 9.25. The molecular weight excluding hydrogens is 324 g/mol. The van der Waals surface area contributed by atoms with Gasteiger partial charge < -0.3 is 4.74 Å². The van der Waals surface area contributed by atoms with Crippen molar-refractivity contribution in [3.05, 3.63) is 59.7 Å². The monoisotopic (exact) mass is 346 g/mol. The van der Waals surface area contributed by atoms with Crippen LogP contribution in [0, 0.1) is 11.3 Å². The summed E-state index contributed by atoms with van der Waals surface area (Å²) in [5, 5.41) is 9.04. The molecule has 0 N–H and O–H groups in total. The molecule has 1 aliphatic carbocycles. The summed E-state index contributed by atoms with van der Waals surface area (Å²) in [6.07, 6.45) is 5.34. The van der Waals surface area contributed by atoms with Crippen molar-refractivity contribution in [2.24, 2.45) is 0 Å². The molecule has 0 bridgehead atoms. The van der Waals surface area contributed by atoms with E-state index in [2.05, 4.69) is 6.07 Å². The molecule has 2 fully saturated rings. The molecule has 0 radical (unpaired) electrons. The van der Waals surface area contributed by atoms with Crippen molar-refractivity contribution in [1.29, 1.82) is 5.26 Å². The van der Waals surface area contributed by atoms with Crippen LogP contribution in [0.2, 0.25) is 0 Å². The molecule has 0 atom stereocenters. The lowest BCUT2D eigenvalue weighted by atomic mass is 9.85. The Bertz CT molecular complexity index is 845. The highest BCUT2D eigenvalue weighted by Gasteiger charge is 2.45. The van der Waals surface area contributed by atoms with E-state index >= 15 is 0 Å². The Morgan fingerprint density at radius 2 is 1.81 bits per heavy atom. The molecule has 4 rings (SSSR count). The Hall–Kier alpha value is -2.80. The summed E-state index contributed by atoms with van der Waals surface area (Å²) in [4.78, 5) is 14.1. The highest BCUT2D eigenvalue weighted by Crippen LogP contribution is 2.37. The summed E-state index contributed by atoms with van der Waals surface area (Å²) in [5.74, 6) is 0. The van der Waals surface area contributed by atoms with Gasteiger partial charge >= 0.3 is 6.09 Å². The Labute approximate surface area is 154 Å². The molecule has 2 aromatic carbocycles. The van der Waals surface area contributed by atoms with Crippen LogP contribution in [-0.2, 0) is 11.3 Å². The van der Waals surface area contributed by atoms with Crippen LogP contribution in [0.1, 0.15) is 43.2 Å². The first kappa shape index (κ1) is 16.7. The van der Waals surface area contributed by atoms with Crippen molar-refractivity contribution in [2.75, 3.05) is 6.54 Å². The molecule has 4 nitrogen and oxygen atoms in total. The van der Waals surface area contributed by atoms with Crippen LogP contribution in [-0.4, -0.2) is 23.1 Å². The molecule has 1 aliphatic heterocycles. The topological polar surface area (TPSA) is 53.3 Å².